The number of nitrogens with zero attached hydrogens (tertiary/aromatic N) is 2. The van der Waals surface area contributed by atoms with Crippen LogP contribution in [0.1, 0.15) is 20.3 Å². The maximum Gasteiger partial charge on any atom is 0.236 e. The van der Waals surface area contributed by atoms with Gasteiger partial charge in [-0.05, 0) is 31.3 Å². The van der Waals surface area contributed by atoms with E-state index < -0.39 is 0 Å². The van der Waals surface area contributed by atoms with Crippen LogP contribution < -0.4 is 0 Å². The highest BCUT2D eigenvalue weighted by Gasteiger charge is 2.33. The Bertz CT molecular complexity index is 217. The summed E-state index contributed by atoms with van der Waals surface area (Å²) < 4.78 is 0. The standard InChI is InChI=1S/C11H20N2O/c1-9(2)10-6-13(7-10)11(14)8-12-4-3-5-12/h9-10H,3-8H2,1-2H3. The summed E-state index contributed by atoms with van der Waals surface area (Å²) in [5.74, 6) is 1.81. The average molecular weight is 196 g/mol. The normalized spacial score (nSPS) is 23.5. The molecule has 2 saturated heterocycles. The van der Waals surface area contributed by atoms with Crippen molar-refractivity contribution in [3.63, 3.8) is 0 Å². The van der Waals surface area contributed by atoms with Crippen LogP contribution in [-0.2, 0) is 4.79 Å². The largest absolute Gasteiger partial charge is 0.341 e. The Morgan fingerprint density at radius 2 is 2.00 bits per heavy atom. The fraction of sp³-hybridized carbons (Fsp3) is 0.909. The van der Waals surface area contributed by atoms with E-state index in [4.69, 9.17) is 0 Å². The molecule has 80 valence electrons. The van der Waals surface area contributed by atoms with Gasteiger partial charge in [-0.25, -0.2) is 0 Å². The Hall–Kier alpha value is -0.570. The van der Waals surface area contributed by atoms with E-state index in [1.807, 2.05) is 4.90 Å². The number of amides is 1. The average Bonchev–Trinajstić information content (AvgIpc) is 1.93. The topological polar surface area (TPSA) is 23.6 Å². The second-order valence-electron chi connectivity index (χ2n) is 4.93. The first-order valence-corrected chi connectivity index (χ1v) is 5.67. The number of hydrogen-bond acceptors (Lipinski definition) is 2. The summed E-state index contributed by atoms with van der Waals surface area (Å²) in [5, 5.41) is 0. The van der Waals surface area contributed by atoms with Crippen LogP contribution in [0.25, 0.3) is 0 Å². The molecule has 1 amide bonds. The quantitative estimate of drug-likeness (QED) is 0.667. The van der Waals surface area contributed by atoms with E-state index >= 15 is 0 Å². The Morgan fingerprint density at radius 1 is 1.36 bits per heavy atom. The zero-order valence-electron chi connectivity index (χ0n) is 9.20. The molecule has 3 heteroatoms. The Morgan fingerprint density at radius 3 is 2.43 bits per heavy atom. The molecule has 3 nitrogen and oxygen atoms in total. The van der Waals surface area contributed by atoms with Gasteiger partial charge in [-0.3, -0.25) is 9.69 Å². The molecule has 2 heterocycles. The van der Waals surface area contributed by atoms with Gasteiger partial charge in [-0.2, -0.15) is 0 Å². The highest BCUT2D eigenvalue weighted by Crippen LogP contribution is 2.23. The summed E-state index contributed by atoms with van der Waals surface area (Å²) in [6.45, 7) is 9.35. The van der Waals surface area contributed by atoms with Gasteiger partial charge < -0.3 is 4.90 Å². The molecule has 14 heavy (non-hydrogen) atoms. The van der Waals surface area contributed by atoms with Gasteiger partial charge in [0, 0.05) is 13.1 Å². The molecule has 2 rings (SSSR count). The Labute approximate surface area is 86.1 Å². The van der Waals surface area contributed by atoms with E-state index in [1.165, 1.54) is 6.42 Å². The molecule has 0 radical (unpaired) electrons. The summed E-state index contributed by atoms with van der Waals surface area (Å²) >= 11 is 0. The molecule has 0 aromatic heterocycles. The maximum atomic E-state index is 11.7. The first-order chi connectivity index (χ1) is 6.66. The van der Waals surface area contributed by atoms with Gasteiger partial charge >= 0.3 is 0 Å². The van der Waals surface area contributed by atoms with E-state index in [0.717, 1.165) is 38.0 Å². The number of rotatable bonds is 3. The molecule has 0 aliphatic carbocycles. The molecule has 0 unspecified atom stereocenters. The molecular weight excluding hydrogens is 176 g/mol. The molecular formula is C11H20N2O. The van der Waals surface area contributed by atoms with Crippen LogP contribution in [0.2, 0.25) is 0 Å². The maximum absolute atomic E-state index is 11.7. The van der Waals surface area contributed by atoms with E-state index in [-0.39, 0.29) is 0 Å². The molecule has 0 saturated carbocycles. The first kappa shape index (κ1) is 9.97. The van der Waals surface area contributed by atoms with Crippen molar-refractivity contribution in [2.24, 2.45) is 11.8 Å². The summed E-state index contributed by atoms with van der Waals surface area (Å²) in [6, 6.07) is 0. The van der Waals surface area contributed by atoms with Crippen molar-refractivity contribution in [3.05, 3.63) is 0 Å². The smallest absolute Gasteiger partial charge is 0.236 e. The summed E-state index contributed by atoms with van der Waals surface area (Å²) in [7, 11) is 0. The van der Waals surface area contributed by atoms with E-state index in [1.54, 1.807) is 0 Å². The molecule has 2 aliphatic rings. The molecule has 0 aromatic rings. The zero-order chi connectivity index (χ0) is 10.1. The Kier molecular flexibility index (Phi) is 2.77. The molecule has 2 aliphatic heterocycles. The lowest BCUT2D eigenvalue weighted by molar-refractivity contribution is -0.140. The first-order valence-electron chi connectivity index (χ1n) is 5.67. The number of carbonyl (C=O) groups is 1. The van der Waals surface area contributed by atoms with Crippen molar-refractivity contribution in [1.29, 1.82) is 0 Å². The summed E-state index contributed by atoms with van der Waals surface area (Å²) in [4.78, 5) is 15.9. The van der Waals surface area contributed by atoms with Gasteiger partial charge in [0.15, 0.2) is 0 Å². The third kappa shape index (κ3) is 1.92. The minimum Gasteiger partial charge on any atom is -0.341 e. The monoisotopic (exact) mass is 196 g/mol. The highest BCUT2D eigenvalue weighted by atomic mass is 16.2. The van der Waals surface area contributed by atoms with Crippen LogP contribution in [0.4, 0.5) is 0 Å². The lowest BCUT2D eigenvalue weighted by atomic mass is 9.88. The fourth-order valence-corrected chi connectivity index (χ4v) is 1.97. The van der Waals surface area contributed by atoms with E-state index in [9.17, 15) is 4.79 Å². The number of likely N-dealkylation sites (tertiary alicyclic amines) is 2. The lowest BCUT2D eigenvalue weighted by Gasteiger charge is -2.43. The zero-order valence-corrected chi connectivity index (χ0v) is 9.20. The molecule has 2 fully saturated rings. The van der Waals surface area contributed by atoms with Crippen molar-refractivity contribution in [1.82, 2.24) is 9.80 Å². The van der Waals surface area contributed by atoms with E-state index in [0.29, 0.717) is 12.5 Å². The minimum absolute atomic E-state index is 0.335. The van der Waals surface area contributed by atoms with Gasteiger partial charge in [-0.1, -0.05) is 13.8 Å². The lowest BCUT2D eigenvalue weighted by Crippen LogP contribution is -2.55. The molecule has 0 atom stereocenters. The molecule has 0 aromatic carbocycles. The van der Waals surface area contributed by atoms with Crippen molar-refractivity contribution in [3.8, 4) is 0 Å². The number of hydrogen-bond donors (Lipinski definition) is 0. The second kappa shape index (κ2) is 3.89. The highest BCUT2D eigenvalue weighted by molar-refractivity contribution is 5.79. The van der Waals surface area contributed by atoms with Crippen LogP contribution in [0.3, 0.4) is 0 Å². The van der Waals surface area contributed by atoms with Gasteiger partial charge in [-0.15, -0.1) is 0 Å². The number of carbonyl (C=O) groups excluding carboxylic acids is 1. The second-order valence-corrected chi connectivity index (χ2v) is 4.93. The predicted molar refractivity (Wildman–Crippen MR) is 56.0 cm³/mol. The third-order valence-corrected chi connectivity index (χ3v) is 3.51. The van der Waals surface area contributed by atoms with Gasteiger partial charge in [0.2, 0.25) is 5.91 Å². The van der Waals surface area contributed by atoms with Crippen molar-refractivity contribution in [2.45, 2.75) is 20.3 Å². The van der Waals surface area contributed by atoms with E-state index in [2.05, 4.69) is 18.7 Å². The van der Waals surface area contributed by atoms with Crippen LogP contribution >= 0.6 is 0 Å². The van der Waals surface area contributed by atoms with Gasteiger partial charge in [0.1, 0.15) is 0 Å². The van der Waals surface area contributed by atoms with Crippen LogP contribution in [-0.4, -0.2) is 48.4 Å². The Balaban J connectivity index is 1.68. The predicted octanol–water partition coefficient (Wildman–Crippen LogP) is 0.806. The van der Waals surface area contributed by atoms with Gasteiger partial charge in [0.25, 0.3) is 0 Å². The third-order valence-electron chi connectivity index (χ3n) is 3.51. The molecule has 0 spiro atoms. The van der Waals surface area contributed by atoms with Gasteiger partial charge in [0.05, 0.1) is 6.54 Å². The molecule has 0 N–H and O–H groups in total. The van der Waals surface area contributed by atoms with Crippen LogP contribution in [0.15, 0.2) is 0 Å². The van der Waals surface area contributed by atoms with Crippen molar-refractivity contribution < 1.29 is 4.79 Å². The minimum atomic E-state index is 0.335. The van der Waals surface area contributed by atoms with Crippen LogP contribution in [0.5, 0.6) is 0 Å². The van der Waals surface area contributed by atoms with Crippen molar-refractivity contribution >= 4 is 5.91 Å². The summed E-state index contributed by atoms with van der Waals surface area (Å²) in [6.07, 6.45) is 1.27. The summed E-state index contributed by atoms with van der Waals surface area (Å²) in [5.41, 5.74) is 0. The molecule has 0 bridgehead atoms. The van der Waals surface area contributed by atoms with Crippen molar-refractivity contribution in [2.75, 3.05) is 32.7 Å². The fourth-order valence-electron chi connectivity index (χ4n) is 1.97. The van der Waals surface area contributed by atoms with Crippen LogP contribution in [0, 0.1) is 11.8 Å². The SMILES string of the molecule is CC(C)C1CN(C(=O)CN2CCC2)C1.